The van der Waals surface area contributed by atoms with E-state index in [2.05, 4.69) is 0 Å². The molecule has 0 radical (unpaired) electrons. The van der Waals surface area contributed by atoms with Crippen LogP contribution in [-0.4, -0.2) is 35.7 Å². The Balaban J connectivity index is 1.67. The molecular weight excluding hydrogens is 536 g/mol. The van der Waals surface area contributed by atoms with Crippen molar-refractivity contribution in [3.63, 3.8) is 0 Å². The van der Waals surface area contributed by atoms with Gasteiger partial charge in [0.2, 0.25) is 5.43 Å². The van der Waals surface area contributed by atoms with E-state index in [0.717, 1.165) is 36.6 Å². The summed E-state index contributed by atoms with van der Waals surface area (Å²) in [5, 5.41) is 72.5. The van der Waals surface area contributed by atoms with Crippen LogP contribution in [0.3, 0.4) is 0 Å². The van der Waals surface area contributed by atoms with E-state index >= 15 is 0 Å². The van der Waals surface area contributed by atoms with E-state index in [0.29, 0.717) is 5.56 Å². The zero-order chi connectivity index (χ0) is 29.2. The Labute approximate surface area is 227 Å². The molecule has 0 fully saturated rings. The van der Waals surface area contributed by atoms with Gasteiger partial charge >= 0.3 is 0 Å². The van der Waals surface area contributed by atoms with Crippen LogP contribution in [0.5, 0.6) is 40.2 Å². The zero-order valence-electron chi connectivity index (χ0n) is 20.6. The average molecular weight is 554 g/mol. The Morgan fingerprint density at radius 2 is 1.29 bits per heavy atom. The monoisotopic (exact) mass is 554 g/mol. The van der Waals surface area contributed by atoms with Crippen LogP contribution >= 0.6 is 0 Å². The van der Waals surface area contributed by atoms with Gasteiger partial charge in [0.1, 0.15) is 62.7 Å². The van der Waals surface area contributed by atoms with Crippen molar-refractivity contribution in [1.29, 1.82) is 0 Å². The summed E-state index contributed by atoms with van der Waals surface area (Å²) in [7, 11) is 0. The van der Waals surface area contributed by atoms with Crippen molar-refractivity contribution in [2.75, 3.05) is 0 Å². The third-order valence-corrected chi connectivity index (χ3v) is 6.66. The van der Waals surface area contributed by atoms with E-state index in [1.807, 2.05) is 0 Å². The van der Waals surface area contributed by atoms with Crippen molar-refractivity contribution in [3.05, 3.63) is 87.4 Å². The van der Waals surface area contributed by atoms with Crippen LogP contribution in [0.25, 0.3) is 55.5 Å². The van der Waals surface area contributed by atoms with Gasteiger partial charge in [-0.15, -0.1) is 0 Å². The van der Waals surface area contributed by atoms with Crippen molar-refractivity contribution in [2.24, 2.45) is 0 Å². The maximum Gasteiger partial charge on any atom is 0.204 e. The van der Waals surface area contributed by atoms with Gasteiger partial charge in [0.15, 0.2) is 16.9 Å². The van der Waals surface area contributed by atoms with Crippen LogP contribution in [0.1, 0.15) is 0 Å². The first-order chi connectivity index (χ1) is 19.5. The molecule has 7 N–H and O–H groups in total. The van der Waals surface area contributed by atoms with E-state index in [1.54, 1.807) is 0 Å². The van der Waals surface area contributed by atoms with Crippen molar-refractivity contribution >= 4 is 21.9 Å². The third-order valence-electron chi connectivity index (χ3n) is 6.66. The van der Waals surface area contributed by atoms with Gasteiger partial charge in [0, 0.05) is 35.4 Å². The zero-order valence-corrected chi connectivity index (χ0v) is 20.6. The molecule has 204 valence electrons. The minimum absolute atomic E-state index is 0.0185. The molecule has 2 heterocycles. The van der Waals surface area contributed by atoms with Gasteiger partial charge in [-0.2, -0.15) is 0 Å². The molecule has 0 saturated carbocycles. The van der Waals surface area contributed by atoms with Gasteiger partial charge in [0.25, 0.3) is 0 Å². The predicted octanol–water partition coefficient (Wildman–Crippen LogP) is 4.84. The van der Waals surface area contributed by atoms with Crippen LogP contribution in [0.2, 0.25) is 0 Å². The standard InChI is InChI=1S/C30H18O11/c31-13-3-1-12(2-4-13)16-11-40-22-10-20(36)26(30(39)27(22)28(16)37)24-15(5-6-17(33)29(24)38)21-9-19(35)25-18(34)7-14(32)8-23(25)41-21/h1-11,31-34,36,38-39H. The summed E-state index contributed by atoms with van der Waals surface area (Å²) >= 11 is 0. The molecule has 0 aliphatic rings. The van der Waals surface area contributed by atoms with Gasteiger partial charge in [0.05, 0.1) is 11.1 Å². The molecule has 2 aromatic heterocycles. The summed E-state index contributed by atoms with van der Waals surface area (Å²) in [5.41, 5.74) is -2.45. The Bertz CT molecular complexity index is 2160. The summed E-state index contributed by atoms with van der Waals surface area (Å²) in [6.45, 7) is 0. The van der Waals surface area contributed by atoms with E-state index < -0.39 is 56.5 Å². The molecule has 0 amide bonds. The van der Waals surface area contributed by atoms with Crippen molar-refractivity contribution in [2.45, 2.75) is 0 Å². The van der Waals surface area contributed by atoms with Crippen LogP contribution in [-0.2, 0) is 0 Å². The molecule has 0 spiro atoms. The summed E-state index contributed by atoms with van der Waals surface area (Å²) in [4.78, 5) is 26.4. The molecule has 41 heavy (non-hydrogen) atoms. The summed E-state index contributed by atoms with van der Waals surface area (Å²) in [6, 6.07) is 12.0. The molecule has 0 saturated heterocycles. The van der Waals surface area contributed by atoms with Gasteiger partial charge < -0.3 is 44.6 Å². The van der Waals surface area contributed by atoms with E-state index in [1.165, 1.54) is 30.3 Å². The molecule has 0 unspecified atom stereocenters. The molecule has 0 aliphatic heterocycles. The largest absolute Gasteiger partial charge is 0.508 e. The SMILES string of the molecule is O=c1cc(-c2ccc(O)c(O)c2-c2c(O)cc3occ(-c4ccc(O)cc4)c(=O)c3c2O)oc2cc(O)cc(O)c12. The van der Waals surface area contributed by atoms with Gasteiger partial charge in [-0.25, -0.2) is 0 Å². The predicted molar refractivity (Wildman–Crippen MR) is 146 cm³/mol. The Hall–Kier alpha value is -6.10. The summed E-state index contributed by atoms with van der Waals surface area (Å²) < 4.78 is 11.3. The van der Waals surface area contributed by atoms with Crippen molar-refractivity contribution < 1.29 is 44.6 Å². The van der Waals surface area contributed by atoms with E-state index in [4.69, 9.17) is 8.83 Å². The number of rotatable bonds is 3. The number of aromatic hydroxyl groups is 7. The maximum absolute atomic E-state index is 13.5. The number of fused-ring (bicyclic) bond motifs is 2. The van der Waals surface area contributed by atoms with Gasteiger partial charge in [-0.1, -0.05) is 12.1 Å². The van der Waals surface area contributed by atoms with Crippen LogP contribution < -0.4 is 10.9 Å². The minimum Gasteiger partial charge on any atom is -0.508 e. The second-order valence-electron chi connectivity index (χ2n) is 9.19. The second-order valence-corrected chi connectivity index (χ2v) is 9.19. The molecule has 0 bridgehead atoms. The normalized spacial score (nSPS) is 11.3. The molecular formula is C30H18O11. The van der Waals surface area contributed by atoms with Gasteiger partial charge in [-0.05, 0) is 29.8 Å². The molecule has 0 atom stereocenters. The number of benzene rings is 4. The quantitative estimate of drug-likeness (QED) is 0.148. The Morgan fingerprint density at radius 1 is 0.561 bits per heavy atom. The van der Waals surface area contributed by atoms with Crippen LogP contribution in [0, 0.1) is 0 Å². The lowest BCUT2D eigenvalue weighted by atomic mass is 9.92. The second kappa shape index (κ2) is 8.99. The number of phenols is 7. The molecule has 6 aromatic rings. The first-order valence-corrected chi connectivity index (χ1v) is 11.9. The molecule has 6 rings (SSSR count). The number of hydrogen-bond acceptors (Lipinski definition) is 11. The van der Waals surface area contributed by atoms with Crippen molar-refractivity contribution in [3.8, 4) is 73.8 Å². The Kier molecular flexibility index (Phi) is 5.52. The number of hydrogen-bond donors (Lipinski definition) is 7. The van der Waals surface area contributed by atoms with Crippen molar-refractivity contribution in [1.82, 2.24) is 0 Å². The van der Waals surface area contributed by atoms with Gasteiger partial charge in [-0.3, -0.25) is 9.59 Å². The molecule has 0 aliphatic carbocycles. The maximum atomic E-state index is 13.5. The molecule has 4 aromatic carbocycles. The summed E-state index contributed by atoms with van der Waals surface area (Å²) in [5.74, 6) is -4.15. The lowest BCUT2D eigenvalue weighted by Crippen LogP contribution is -2.06. The van der Waals surface area contributed by atoms with Crippen LogP contribution in [0.15, 0.2) is 85.4 Å². The highest BCUT2D eigenvalue weighted by atomic mass is 16.3. The highest BCUT2D eigenvalue weighted by Gasteiger charge is 2.27. The highest BCUT2D eigenvalue weighted by Crippen LogP contribution is 2.51. The first-order valence-electron chi connectivity index (χ1n) is 11.9. The smallest absolute Gasteiger partial charge is 0.204 e. The fourth-order valence-electron chi connectivity index (χ4n) is 4.77. The first kappa shape index (κ1) is 25.2. The lowest BCUT2D eigenvalue weighted by Gasteiger charge is -2.16. The lowest BCUT2D eigenvalue weighted by molar-refractivity contribution is 0.404. The topological polar surface area (TPSA) is 202 Å². The molecule has 11 heteroatoms. The van der Waals surface area contributed by atoms with E-state index in [9.17, 15) is 45.3 Å². The fourth-order valence-corrected chi connectivity index (χ4v) is 4.77. The average Bonchev–Trinajstić information content (AvgIpc) is 2.91. The summed E-state index contributed by atoms with van der Waals surface area (Å²) in [6.07, 6.45) is 1.13. The third kappa shape index (κ3) is 3.91. The Morgan fingerprint density at radius 3 is 2.02 bits per heavy atom. The van der Waals surface area contributed by atoms with Crippen LogP contribution in [0.4, 0.5) is 0 Å². The minimum atomic E-state index is -0.826. The highest BCUT2D eigenvalue weighted by molar-refractivity contribution is 6.01. The fraction of sp³-hybridized carbons (Fsp3) is 0. The van der Waals surface area contributed by atoms with E-state index in [-0.39, 0.29) is 44.6 Å². The molecule has 11 nitrogen and oxygen atoms in total. The number of phenolic OH excluding ortho intramolecular Hbond substituents is 7.